The van der Waals surface area contributed by atoms with Crippen LogP contribution in [0.25, 0.3) is 0 Å². The first-order chi connectivity index (χ1) is 17.4. The number of carbonyl (C=O) groups is 3. The van der Waals surface area contributed by atoms with Crippen LogP contribution in [0.4, 0.5) is 0 Å². The van der Waals surface area contributed by atoms with E-state index in [0.29, 0.717) is 12.0 Å². The number of aliphatic carboxylic acids is 1. The largest absolute Gasteiger partial charge is 0.480 e. The maximum absolute atomic E-state index is 12.7. The number of guanidine groups is 2. The van der Waals surface area contributed by atoms with Crippen LogP contribution in [0.2, 0.25) is 0 Å². The lowest BCUT2D eigenvalue weighted by Crippen LogP contribution is -2.51. The van der Waals surface area contributed by atoms with Gasteiger partial charge in [-0.3, -0.25) is 20.4 Å². The van der Waals surface area contributed by atoms with E-state index in [4.69, 9.17) is 22.3 Å². The summed E-state index contributed by atoms with van der Waals surface area (Å²) in [6.07, 6.45) is 0.693. The number of carboxylic acids is 1. The Bertz CT molecular complexity index is 1040. The van der Waals surface area contributed by atoms with Crippen molar-refractivity contribution < 1.29 is 27.9 Å². The quantitative estimate of drug-likeness (QED) is 0.0571. The summed E-state index contributed by atoms with van der Waals surface area (Å²) in [5, 5.41) is 33.3. The maximum atomic E-state index is 12.7. The molecule has 37 heavy (non-hydrogen) atoms. The van der Waals surface area contributed by atoms with Gasteiger partial charge >= 0.3 is 5.97 Å². The predicted molar refractivity (Wildman–Crippen MR) is 137 cm³/mol. The van der Waals surface area contributed by atoms with Crippen molar-refractivity contribution in [1.82, 2.24) is 26.0 Å². The highest BCUT2D eigenvalue weighted by atomic mass is 32.2. The Labute approximate surface area is 215 Å². The van der Waals surface area contributed by atoms with Crippen LogP contribution < -0.4 is 37.5 Å². The monoisotopic (exact) mass is 541 g/mol. The van der Waals surface area contributed by atoms with Gasteiger partial charge in [0.05, 0.1) is 12.3 Å². The SMILES string of the molecule is N=C(N)NCCC[C@H](NC(=O)CNC(=O)[C@@H](CCCNC(=N)N)NS(=O)(=O)Cc1ccccc1)C(=O)O. The Hall–Kier alpha value is -3.92. The molecule has 12 N–H and O–H groups in total. The Morgan fingerprint density at radius 1 is 0.892 bits per heavy atom. The van der Waals surface area contributed by atoms with Gasteiger partial charge in [0, 0.05) is 13.1 Å². The average Bonchev–Trinajstić information content (AvgIpc) is 2.81. The molecule has 16 heteroatoms. The number of sulfonamides is 1. The van der Waals surface area contributed by atoms with Crippen LogP contribution in [0.3, 0.4) is 0 Å². The van der Waals surface area contributed by atoms with Crippen LogP contribution in [-0.2, 0) is 30.2 Å². The van der Waals surface area contributed by atoms with E-state index in [-0.39, 0.29) is 50.0 Å². The summed E-state index contributed by atoms with van der Waals surface area (Å²) in [6, 6.07) is 5.93. The minimum Gasteiger partial charge on any atom is -0.480 e. The average molecular weight is 542 g/mol. The van der Waals surface area contributed by atoms with Gasteiger partial charge in [-0.25, -0.2) is 17.9 Å². The maximum Gasteiger partial charge on any atom is 0.326 e. The molecule has 0 spiro atoms. The Balaban J connectivity index is 2.72. The highest BCUT2D eigenvalue weighted by Gasteiger charge is 2.26. The zero-order valence-electron chi connectivity index (χ0n) is 20.2. The van der Waals surface area contributed by atoms with E-state index < -0.39 is 46.4 Å². The lowest BCUT2D eigenvalue weighted by Gasteiger charge is -2.19. The van der Waals surface area contributed by atoms with Crippen LogP contribution >= 0.6 is 0 Å². The molecule has 0 aromatic heterocycles. The fourth-order valence-electron chi connectivity index (χ4n) is 3.15. The third-order valence-corrected chi connectivity index (χ3v) is 6.22. The molecule has 0 saturated heterocycles. The smallest absolute Gasteiger partial charge is 0.326 e. The lowest BCUT2D eigenvalue weighted by atomic mass is 10.1. The number of hydrogen-bond donors (Lipinski definition) is 10. The molecule has 0 aliphatic rings. The van der Waals surface area contributed by atoms with Crippen LogP contribution in [0.1, 0.15) is 31.2 Å². The summed E-state index contributed by atoms with van der Waals surface area (Å²) in [5.74, 6) is -3.71. The normalized spacial score (nSPS) is 12.5. The second-order valence-electron chi connectivity index (χ2n) is 8.06. The van der Waals surface area contributed by atoms with Gasteiger partial charge in [0.15, 0.2) is 11.9 Å². The van der Waals surface area contributed by atoms with Crippen molar-refractivity contribution in [2.45, 2.75) is 43.5 Å². The molecule has 1 aromatic carbocycles. The van der Waals surface area contributed by atoms with Gasteiger partial charge in [0.1, 0.15) is 12.1 Å². The Morgan fingerprint density at radius 2 is 1.43 bits per heavy atom. The molecular weight excluding hydrogens is 506 g/mol. The van der Waals surface area contributed by atoms with Crippen LogP contribution in [0.15, 0.2) is 30.3 Å². The van der Waals surface area contributed by atoms with E-state index in [1.807, 2.05) is 0 Å². The molecule has 0 fully saturated rings. The molecule has 1 aromatic rings. The van der Waals surface area contributed by atoms with Crippen LogP contribution in [0, 0.1) is 10.8 Å². The number of benzene rings is 1. The number of carboxylic acid groups (broad SMARTS) is 1. The van der Waals surface area contributed by atoms with Crippen molar-refractivity contribution in [3.8, 4) is 0 Å². The predicted octanol–water partition coefficient (Wildman–Crippen LogP) is -2.31. The van der Waals surface area contributed by atoms with E-state index in [9.17, 15) is 27.9 Å². The molecule has 0 aliphatic heterocycles. The summed E-state index contributed by atoms with van der Waals surface area (Å²) in [6.45, 7) is -0.106. The lowest BCUT2D eigenvalue weighted by molar-refractivity contribution is -0.142. The zero-order valence-corrected chi connectivity index (χ0v) is 21.1. The highest BCUT2D eigenvalue weighted by molar-refractivity contribution is 7.88. The molecule has 206 valence electrons. The first-order valence-corrected chi connectivity index (χ1v) is 13.0. The summed E-state index contributed by atoms with van der Waals surface area (Å²) >= 11 is 0. The van der Waals surface area contributed by atoms with Crippen LogP contribution in [0.5, 0.6) is 0 Å². The molecule has 2 atom stereocenters. The molecule has 15 nitrogen and oxygen atoms in total. The van der Waals surface area contributed by atoms with E-state index in [1.54, 1.807) is 30.3 Å². The van der Waals surface area contributed by atoms with Gasteiger partial charge in [-0.2, -0.15) is 0 Å². The Kier molecular flexibility index (Phi) is 13.4. The van der Waals surface area contributed by atoms with E-state index in [0.717, 1.165) is 0 Å². The molecule has 0 unspecified atom stereocenters. The molecular formula is C21H35N9O6S. The molecule has 1 rings (SSSR count). The third kappa shape index (κ3) is 14.3. The highest BCUT2D eigenvalue weighted by Crippen LogP contribution is 2.07. The minimum absolute atomic E-state index is 0.0443. The number of nitrogens with one attached hydrogen (secondary N) is 7. The fraction of sp³-hybridized carbons (Fsp3) is 0.476. The summed E-state index contributed by atoms with van der Waals surface area (Å²) in [4.78, 5) is 36.4. The number of hydrogen-bond acceptors (Lipinski definition) is 7. The second kappa shape index (κ2) is 15.9. The van der Waals surface area contributed by atoms with Gasteiger partial charge in [0.25, 0.3) is 0 Å². The van der Waals surface area contributed by atoms with E-state index >= 15 is 0 Å². The van der Waals surface area contributed by atoms with Crippen molar-refractivity contribution in [1.29, 1.82) is 10.8 Å². The third-order valence-electron chi connectivity index (χ3n) is 4.86. The summed E-state index contributed by atoms with van der Waals surface area (Å²) < 4.78 is 27.6. The van der Waals surface area contributed by atoms with Crippen molar-refractivity contribution in [3.05, 3.63) is 35.9 Å². The Morgan fingerprint density at radius 3 is 1.95 bits per heavy atom. The number of amides is 2. The number of nitrogens with two attached hydrogens (primary N) is 2. The number of rotatable bonds is 17. The van der Waals surface area contributed by atoms with Crippen molar-refractivity contribution in [2.75, 3.05) is 19.6 Å². The molecule has 0 radical (unpaired) electrons. The van der Waals surface area contributed by atoms with E-state index in [2.05, 4.69) is 26.0 Å². The summed E-state index contributed by atoms with van der Waals surface area (Å²) in [5.41, 5.74) is 10.9. The second-order valence-corrected chi connectivity index (χ2v) is 9.81. The first-order valence-electron chi connectivity index (χ1n) is 11.4. The molecule has 0 saturated carbocycles. The molecule has 0 bridgehead atoms. The van der Waals surface area contributed by atoms with Gasteiger partial charge in [-0.05, 0) is 31.2 Å². The molecule has 0 heterocycles. The van der Waals surface area contributed by atoms with Crippen LogP contribution in [-0.4, -0.2) is 74.9 Å². The fourth-order valence-corrected chi connectivity index (χ4v) is 4.52. The topological polar surface area (TPSA) is 265 Å². The standard InChI is InChI=1S/C21H35N9O6S/c22-20(23)26-10-4-8-15(30-37(35,36)13-14-6-2-1-3-7-14)18(32)28-12-17(31)29-16(19(33)34)9-5-11-27-21(24)25/h1-3,6-7,15-16,30H,4-5,8-13H2,(H,28,32)(H,29,31)(H,33,34)(H4,22,23,26)(H4,24,25,27)/t15-,16+/m1/s1. The zero-order chi connectivity index (χ0) is 27.8. The van der Waals surface area contributed by atoms with Gasteiger partial charge < -0.3 is 37.8 Å². The van der Waals surface area contributed by atoms with Gasteiger partial charge in [-0.15, -0.1) is 0 Å². The van der Waals surface area contributed by atoms with Crippen molar-refractivity contribution >= 4 is 39.7 Å². The van der Waals surface area contributed by atoms with Gasteiger partial charge in [0.2, 0.25) is 21.8 Å². The first kappa shape index (κ1) is 31.1. The summed E-state index contributed by atoms with van der Waals surface area (Å²) in [7, 11) is -3.93. The molecule has 2 amide bonds. The van der Waals surface area contributed by atoms with Gasteiger partial charge in [-0.1, -0.05) is 30.3 Å². The van der Waals surface area contributed by atoms with Crippen molar-refractivity contribution in [2.24, 2.45) is 11.5 Å². The van der Waals surface area contributed by atoms with E-state index in [1.165, 1.54) is 0 Å². The van der Waals surface area contributed by atoms with Crippen molar-refractivity contribution in [3.63, 3.8) is 0 Å². The minimum atomic E-state index is -3.93. The molecule has 0 aliphatic carbocycles. The number of carbonyl (C=O) groups excluding carboxylic acids is 2.